The number of unbranched alkanes of at least 4 members (excludes halogenated alkanes) is 8. The van der Waals surface area contributed by atoms with Gasteiger partial charge in [0.05, 0.1) is 6.61 Å². The van der Waals surface area contributed by atoms with Gasteiger partial charge in [-0.1, -0.05) is 68.6 Å². The SMILES string of the molecule is COP(CO)OCCCSCCCCCCCCCCC#Cc1ccccc1. The number of aliphatic hydroxyl groups excluding tert-OH is 1. The summed E-state index contributed by atoms with van der Waals surface area (Å²) in [4.78, 5) is 0. The lowest BCUT2D eigenvalue weighted by Gasteiger charge is -2.11. The molecule has 0 radical (unpaired) electrons. The zero-order chi connectivity index (χ0) is 20.1. The maximum atomic E-state index is 8.96. The van der Waals surface area contributed by atoms with Crippen molar-refractivity contribution in [2.45, 2.75) is 64.2 Å². The van der Waals surface area contributed by atoms with Crippen LogP contribution in [-0.2, 0) is 9.05 Å². The molecular formula is C23H37O3PS. The summed E-state index contributed by atoms with van der Waals surface area (Å²) in [6, 6.07) is 10.2. The van der Waals surface area contributed by atoms with Gasteiger partial charge in [0.1, 0.15) is 6.35 Å². The number of thioether (sulfide) groups is 1. The van der Waals surface area contributed by atoms with E-state index in [-0.39, 0.29) is 6.35 Å². The molecule has 1 aromatic rings. The second-order valence-electron chi connectivity index (χ2n) is 6.70. The summed E-state index contributed by atoms with van der Waals surface area (Å²) in [6.45, 7) is 0.685. The second-order valence-corrected chi connectivity index (χ2v) is 9.50. The maximum absolute atomic E-state index is 8.96. The van der Waals surface area contributed by atoms with Crippen molar-refractivity contribution in [2.24, 2.45) is 0 Å². The zero-order valence-corrected chi connectivity index (χ0v) is 19.1. The third-order valence-corrected chi connectivity index (χ3v) is 6.60. The Balaban J connectivity index is 1.76. The predicted octanol–water partition coefficient (Wildman–Crippen LogP) is 6.60. The minimum absolute atomic E-state index is 0.0126. The molecule has 0 saturated carbocycles. The summed E-state index contributed by atoms with van der Waals surface area (Å²) < 4.78 is 10.5. The van der Waals surface area contributed by atoms with Crippen LogP contribution in [0.15, 0.2) is 30.3 Å². The van der Waals surface area contributed by atoms with Gasteiger partial charge in [-0.2, -0.15) is 11.8 Å². The van der Waals surface area contributed by atoms with E-state index in [0.29, 0.717) is 6.61 Å². The van der Waals surface area contributed by atoms with Gasteiger partial charge in [-0.05, 0) is 42.9 Å². The van der Waals surface area contributed by atoms with Gasteiger partial charge in [0.2, 0.25) is 0 Å². The van der Waals surface area contributed by atoms with Crippen molar-refractivity contribution in [3.63, 3.8) is 0 Å². The van der Waals surface area contributed by atoms with Crippen molar-refractivity contribution in [3.05, 3.63) is 35.9 Å². The molecule has 0 saturated heterocycles. The average Bonchev–Trinajstić information content (AvgIpc) is 2.74. The molecule has 0 spiro atoms. The lowest BCUT2D eigenvalue weighted by atomic mass is 10.1. The minimum Gasteiger partial charge on any atom is -0.387 e. The van der Waals surface area contributed by atoms with Crippen molar-refractivity contribution in [1.82, 2.24) is 0 Å². The minimum atomic E-state index is -1.07. The average molecular weight is 425 g/mol. The number of hydrogen-bond acceptors (Lipinski definition) is 4. The van der Waals surface area contributed by atoms with Gasteiger partial charge in [-0.25, -0.2) is 0 Å². The molecule has 0 bridgehead atoms. The molecular weight excluding hydrogens is 387 g/mol. The van der Waals surface area contributed by atoms with Gasteiger partial charge in [-0.3, -0.25) is 0 Å². The molecule has 28 heavy (non-hydrogen) atoms. The third-order valence-electron chi connectivity index (χ3n) is 4.33. The van der Waals surface area contributed by atoms with Gasteiger partial charge < -0.3 is 14.2 Å². The van der Waals surface area contributed by atoms with Gasteiger partial charge >= 0.3 is 0 Å². The normalized spacial score (nSPS) is 11.8. The third kappa shape index (κ3) is 15.4. The Bertz CT molecular complexity index is 512. The van der Waals surface area contributed by atoms with E-state index in [9.17, 15) is 0 Å². The van der Waals surface area contributed by atoms with E-state index >= 15 is 0 Å². The van der Waals surface area contributed by atoms with Crippen LogP contribution >= 0.6 is 20.1 Å². The monoisotopic (exact) mass is 424 g/mol. The molecule has 1 aromatic carbocycles. The van der Waals surface area contributed by atoms with Crippen LogP contribution in [0.2, 0.25) is 0 Å². The molecule has 1 N–H and O–H groups in total. The Morgan fingerprint density at radius 1 is 0.893 bits per heavy atom. The van der Waals surface area contributed by atoms with E-state index in [0.717, 1.165) is 24.2 Å². The molecule has 5 heteroatoms. The van der Waals surface area contributed by atoms with Crippen LogP contribution in [0, 0.1) is 11.8 Å². The highest BCUT2D eigenvalue weighted by Crippen LogP contribution is 2.35. The van der Waals surface area contributed by atoms with Crippen molar-refractivity contribution in [2.75, 3.05) is 31.6 Å². The fraction of sp³-hybridized carbons (Fsp3) is 0.652. The van der Waals surface area contributed by atoms with Crippen LogP contribution in [0.5, 0.6) is 0 Å². The molecule has 0 aromatic heterocycles. The van der Waals surface area contributed by atoms with Gasteiger partial charge in [0, 0.05) is 19.1 Å². The highest BCUT2D eigenvalue weighted by Gasteiger charge is 2.05. The van der Waals surface area contributed by atoms with Crippen molar-refractivity contribution in [1.29, 1.82) is 0 Å². The Labute approximate surface area is 177 Å². The Hall–Kier alpha value is -0.560. The van der Waals surface area contributed by atoms with E-state index < -0.39 is 8.38 Å². The summed E-state index contributed by atoms with van der Waals surface area (Å²) >= 11 is 2.01. The van der Waals surface area contributed by atoms with E-state index in [1.807, 2.05) is 30.0 Å². The molecule has 3 nitrogen and oxygen atoms in total. The van der Waals surface area contributed by atoms with Crippen LogP contribution in [0.4, 0.5) is 0 Å². The Morgan fingerprint density at radius 2 is 1.54 bits per heavy atom. The van der Waals surface area contributed by atoms with Gasteiger partial charge in [0.25, 0.3) is 0 Å². The van der Waals surface area contributed by atoms with Crippen LogP contribution in [-0.4, -0.2) is 36.7 Å². The fourth-order valence-corrected chi connectivity index (χ4v) is 4.31. The molecule has 1 unspecified atom stereocenters. The van der Waals surface area contributed by atoms with E-state index in [1.54, 1.807) is 7.11 Å². The number of hydrogen-bond donors (Lipinski definition) is 1. The molecule has 0 amide bonds. The van der Waals surface area contributed by atoms with Crippen LogP contribution in [0.3, 0.4) is 0 Å². The zero-order valence-electron chi connectivity index (χ0n) is 17.4. The van der Waals surface area contributed by atoms with E-state index in [1.165, 1.54) is 57.1 Å². The standard InChI is InChI=1S/C23H37O3PS/c1-25-27(22-24)26-19-15-21-28-20-14-9-7-5-3-2-4-6-8-11-16-23-17-12-10-13-18-23/h10,12-13,17-18,24H,2-9,14-15,19-22H2,1H3. The molecule has 0 aliphatic carbocycles. The molecule has 0 heterocycles. The smallest absolute Gasteiger partial charge is 0.197 e. The molecule has 0 aliphatic heterocycles. The van der Waals surface area contributed by atoms with Crippen molar-refractivity contribution in [3.8, 4) is 11.8 Å². The molecule has 158 valence electrons. The summed E-state index contributed by atoms with van der Waals surface area (Å²) in [5.74, 6) is 8.89. The van der Waals surface area contributed by atoms with Gasteiger partial charge in [-0.15, -0.1) is 0 Å². The van der Waals surface area contributed by atoms with Crippen molar-refractivity contribution < 1.29 is 14.2 Å². The Kier molecular flexibility index (Phi) is 18.0. The van der Waals surface area contributed by atoms with Crippen LogP contribution < -0.4 is 0 Å². The fourth-order valence-electron chi connectivity index (χ4n) is 2.74. The molecule has 0 aliphatic rings. The first-order chi connectivity index (χ1) is 13.9. The number of benzene rings is 1. The summed E-state index contributed by atoms with van der Waals surface area (Å²) in [6.07, 6.45) is 12.7. The number of rotatable bonds is 17. The largest absolute Gasteiger partial charge is 0.387 e. The topological polar surface area (TPSA) is 38.7 Å². The summed E-state index contributed by atoms with van der Waals surface area (Å²) in [5, 5.41) is 8.96. The number of aliphatic hydroxyl groups is 1. The second kappa shape index (κ2) is 19.7. The van der Waals surface area contributed by atoms with E-state index in [4.69, 9.17) is 14.2 Å². The lowest BCUT2D eigenvalue weighted by Crippen LogP contribution is -1.96. The van der Waals surface area contributed by atoms with Gasteiger partial charge in [0.15, 0.2) is 8.38 Å². The highest BCUT2D eigenvalue weighted by molar-refractivity contribution is 7.99. The molecule has 0 fully saturated rings. The summed E-state index contributed by atoms with van der Waals surface area (Å²) in [5.41, 5.74) is 1.12. The quantitative estimate of drug-likeness (QED) is 0.174. The highest BCUT2D eigenvalue weighted by atomic mass is 32.2. The first kappa shape index (κ1) is 25.5. The predicted molar refractivity (Wildman–Crippen MR) is 124 cm³/mol. The molecule has 1 atom stereocenters. The lowest BCUT2D eigenvalue weighted by molar-refractivity contribution is 0.249. The van der Waals surface area contributed by atoms with E-state index in [2.05, 4.69) is 24.0 Å². The van der Waals surface area contributed by atoms with Crippen LogP contribution in [0.1, 0.15) is 69.8 Å². The summed E-state index contributed by atoms with van der Waals surface area (Å²) in [7, 11) is 0.513. The van der Waals surface area contributed by atoms with Crippen LogP contribution in [0.25, 0.3) is 0 Å². The molecule has 1 rings (SSSR count). The van der Waals surface area contributed by atoms with Crippen molar-refractivity contribution >= 4 is 20.1 Å². The first-order valence-corrected chi connectivity index (χ1v) is 13.1. The Morgan fingerprint density at radius 3 is 2.21 bits per heavy atom. The first-order valence-electron chi connectivity index (χ1n) is 10.5. The maximum Gasteiger partial charge on any atom is 0.197 e.